The number of aromatic nitrogens is 2. The van der Waals surface area contributed by atoms with Crippen LogP contribution in [0.1, 0.15) is 0 Å². The molecule has 4 nitrogen and oxygen atoms in total. The molecular weight excluding hydrogens is 625 g/mol. The first kappa shape index (κ1) is 28.0. The average Bonchev–Trinajstić information content (AvgIpc) is 3.87. The van der Waals surface area contributed by atoms with Crippen molar-refractivity contribution in [1.82, 2.24) is 9.55 Å². The number of hydrogen-bond donors (Lipinski definition) is 0. The highest BCUT2D eigenvalue weighted by atomic mass is 16.3. The summed E-state index contributed by atoms with van der Waals surface area (Å²) in [6.07, 6.45) is 0. The first-order valence-corrected chi connectivity index (χ1v) is 17.2. The molecule has 0 unspecified atom stereocenters. The van der Waals surface area contributed by atoms with Gasteiger partial charge in [0.2, 0.25) is 0 Å². The minimum absolute atomic E-state index is 0.869. The third-order valence-corrected chi connectivity index (χ3v) is 10.2. The molecule has 51 heavy (non-hydrogen) atoms. The van der Waals surface area contributed by atoms with Gasteiger partial charge in [-0.05, 0) is 99.8 Å². The second-order valence-corrected chi connectivity index (χ2v) is 13.2. The van der Waals surface area contributed by atoms with Crippen molar-refractivity contribution in [2.45, 2.75) is 0 Å². The normalized spacial score (nSPS) is 11.9. The van der Waals surface area contributed by atoms with Crippen LogP contribution in [0.5, 0.6) is 0 Å². The maximum Gasteiger partial charge on any atom is 0.145 e. The van der Waals surface area contributed by atoms with Gasteiger partial charge in [-0.15, -0.1) is 0 Å². The number of rotatable bonds is 4. The number of nitrogens with zero attached hydrogens (tertiary/aromatic N) is 2. The lowest BCUT2D eigenvalue weighted by Crippen LogP contribution is -1.98. The van der Waals surface area contributed by atoms with E-state index in [1.54, 1.807) is 0 Å². The number of imidazole rings is 1. The van der Waals surface area contributed by atoms with E-state index < -0.39 is 0 Å². The zero-order chi connectivity index (χ0) is 33.5. The van der Waals surface area contributed by atoms with E-state index in [1.807, 2.05) is 30.3 Å². The van der Waals surface area contributed by atoms with E-state index in [4.69, 9.17) is 13.8 Å². The van der Waals surface area contributed by atoms with Crippen molar-refractivity contribution in [3.8, 4) is 39.3 Å². The first-order chi connectivity index (χ1) is 25.2. The minimum atomic E-state index is 0.869. The molecule has 3 heterocycles. The molecule has 0 aliphatic carbocycles. The van der Waals surface area contributed by atoms with Crippen molar-refractivity contribution >= 4 is 65.7 Å². The van der Waals surface area contributed by atoms with Crippen LogP contribution in [0.2, 0.25) is 0 Å². The minimum Gasteiger partial charge on any atom is -0.456 e. The lowest BCUT2D eigenvalue weighted by molar-refractivity contribution is 0.664. The number of furan rings is 2. The van der Waals surface area contributed by atoms with Crippen molar-refractivity contribution in [2.24, 2.45) is 0 Å². The Bertz CT molecular complexity index is 3140. The Hall–Kier alpha value is -6.91. The predicted molar refractivity (Wildman–Crippen MR) is 209 cm³/mol. The molecule has 8 aromatic carbocycles. The van der Waals surface area contributed by atoms with E-state index in [9.17, 15) is 0 Å². The Balaban J connectivity index is 0.966. The molecule has 0 spiro atoms. The summed E-state index contributed by atoms with van der Waals surface area (Å²) in [5.41, 5.74) is 12.4. The van der Waals surface area contributed by atoms with Gasteiger partial charge in [-0.2, -0.15) is 0 Å². The molecule has 11 aromatic rings. The Kier molecular flexibility index (Phi) is 5.92. The summed E-state index contributed by atoms with van der Waals surface area (Å²) in [4.78, 5) is 5.04. The molecule has 4 heteroatoms. The van der Waals surface area contributed by atoms with Gasteiger partial charge in [0.25, 0.3) is 0 Å². The zero-order valence-electron chi connectivity index (χ0n) is 27.4. The maximum atomic E-state index is 6.33. The van der Waals surface area contributed by atoms with E-state index in [0.29, 0.717) is 0 Å². The monoisotopic (exact) mass is 652 g/mol. The fraction of sp³-hybridized carbons (Fsp3) is 0. The van der Waals surface area contributed by atoms with Gasteiger partial charge in [-0.1, -0.05) is 103 Å². The Morgan fingerprint density at radius 2 is 0.961 bits per heavy atom. The molecule has 0 saturated heterocycles. The highest BCUT2D eigenvalue weighted by Crippen LogP contribution is 2.39. The molecule has 11 rings (SSSR count). The van der Waals surface area contributed by atoms with Gasteiger partial charge in [0.15, 0.2) is 0 Å². The fourth-order valence-electron chi connectivity index (χ4n) is 7.67. The molecule has 0 bridgehead atoms. The maximum absolute atomic E-state index is 6.33. The molecule has 0 radical (unpaired) electrons. The number of benzene rings is 8. The van der Waals surface area contributed by atoms with Crippen LogP contribution >= 0.6 is 0 Å². The lowest BCUT2D eigenvalue weighted by atomic mass is 9.97. The highest BCUT2D eigenvalue weighted by molar-refractivity contribution is 6.15. The van der Waals surface area contributed by atoms with Crippen LogP contribution in [0.25, 0.3) is 105 Å². The van der Waals surface area contributed by atoms with Gasteiger partial charge in [0.05, 0.1) is 11.0 Å². The molecule has 0 amide bonds. The zero-order valence-corrected chi connectivity index (χ0v) is 27.4. The van der Waals surface area contributed by atoms with Gasteiger partial charge in [-0.25, -0.2) is 4.98 Å². The fourth-order valence-corrected chi connectivity index (χ4v) is 7.67. The van der Waals surface area contributed by atoms with Crippen LogP contribution in [-0.4, -0.2) is 9.55 Å². The predicted octanol–water partition coefficient (Wildman–Crippen LogP) is 13.0. The topological polar surface area (TPSA) is 44.1 Å². The second kappa shape index (κ2) is 10.8. The summed E-state index contributed by atoms with van der Waals surface area (Å²) in [7, 11) is 0. The van der Waals surface area contributed by atoms with Crippen LogP contribution in [0, 0.1) is 0 Å². The number of hydrogen-bond acceptors (Lipinski definition) is 3. The van der Waals surface area contributed by atoms with Gasteiger partial charge in [-0.3, -0.25) is 4.57 Å². The molecule has 0 aliphatic heterocycles. The first-order valence-electron chi connectivity index (χ1n) is 17.2. The van der Waals surface area contributed by atoms with Crippen molar-refractivity contribution in [2.75, 3.05) is 0 Å². The van der Waals surface area contributed by atoms with E-state index in [2.05, 4.69) is 144 Å². The third kappa shape index (κ3) is 4.43. The van der Waals surface area contributed by atoms with Gasteiger partial charge in [0, 0.05) is 32.8 Å². The van der Waals surface area contributed by atoms with Crippen molar-refractivity contribution in [1.29, 1.82) is 0 Å². The molecule has 0 N–H and O–H groups in total. The van der Waals surface area contributed by atoms with Crippen molar-refractivity contribution < 1.29 is 8.83 Å². The molecule has 0 saturated carbocycles. The van der Waals surface area contributed by atoms with E-state index in [-0.39, 0.29) is 0 Å². The van der Waals surface area contributed by atoms with Crippen LogP contribution in [0.4, 0.5) is 0 Å². The molecular formula is C47H28N2O2. The van der Waals surface area contributed by atoms with Crippen molar-refractivity contribution in [3.05, 3.63) is 170 Å². The van der Waals surface area contributed by atoms with Crippen LogP contribution in [0.3, 0.4) is 0 Å². The largest absolute Gasteiger partial charge is 0.456 e. The molecule has 3 aromatic heterocycles. The summed E-state index contributed by atoms with van der Waals surface area (Å²) in [6, 6.07) is 59.8. The summed E-state index contributed by atoms with van der Waals surface area (Å²) >= 11 is 0. The lowest BCUT2D eigenvalue weighted by Gasteiger charge is -2.12. The van der Waals surface area contributed by atoms with Crippen LogP contribution in [0.15, 0.2) is 179 Å². The Morgan fingerprint density at radius 1 is 0.373 bits per heavy atom. The van der Waals surface area contributed by atoms with Gasteiger partial charge >= 0.3 is 0 Å². The average molecular weight is 653 g/mol. The van der Waals surface area contributed by atoms with E-state index in [1.165, 1.54) is 21.9 Å². The van der Waals surface area contributed by atoms with E-state index >= 15 is 0 Å². The molecule has 0 aliphatic rings. The molecule has 238 valence electrons. The number of fused-ring (bicyclic) bond motifs is 8. The van der Waals surface area contributed by atoms with Crippen molar-refractivity contribution in [3.63, 3.8) is 0 Å². The van der Waals surface area contributed by atoms with Crippen LogP contribution < -0.4 is 0 Å². The second-order valence-electron chi connectivity index (χ2n) is 13.2. The summed E-state index contributed by atoms with van der Waals surface area (Å²) in [6.45, 7) is 0. The van der Waals surface area contributed by atoms with Crippen LogP contribution in [-0.2, 0) is 0 Å². The standard InChI is InChI=1S/C47H28N2O2/c1-2-9-29(10-3-1)47-48-41-14-5-6-15-42(41)49(47)36-12-8-11-30(25-36)31-17-18-33-24-34(20-19-32(33)23-31)35-21-22-44-38(26-35)40-28-45-39(27-46(40)51-44)37-13-4-7-16-43(37)50-45/h1-28H. The molecule has 0 fully saturated rings. The van der Waals surface area contributed by atoms with Gasteiger partial charge in [0.1, 0.15) is 28.2 Å². The SMILES string of the molecule is c1ccc(-c2nc3ccccc3n2-c2cccc(-c3ccc4cc(-c5ccc6oc7cc8c(cc7c6c5)oc5ccccc58)ccc4c3)c2)cc1. The summed E-state index contributed by atoms with van der Waals surface area (Å²) in [5.74, 6) is 0.935. The number of para-hydroxylation sites is 3. The summed E-state index contributed by atoms with van der Waals surface area (Å²) < 4.78 is 14.8. The smallest absolute Gasteiger partial charge is 0.145 e. The third-order valence-electron chi connectivity index (χ3n) is 10.2. The molecule has 0 atom stereocenters. The Labute approximate surface area is 292 Å². The highest BCUT2D eigenvalue weighted by Gasteiger charge is 2.16. The van der Waals surface area contributed by atoms with Gasteiger partial charge < -0.3 is 8.83 Å². The van der Waals surface area contributed by atoms with E-state index in [0.717, 1.165) is 83.1 Å². The Morgan fingerprint density at radius 3 is 1.76 bits per heavy atom. The quantitative estimate of drug-likeness (QED) is 0.190. The summed E-state index contributed by atoms with van der Waals surface area (Å²) in [5, 5.41) is 6.71.